The van der Waals surface area contributed by atoms with E-state index in [1.165, 1.54) is 4.88 Å². The van der Waals surface area contributed by atoms with Crippen LogP contribution in [0.15, 0.2) is 17.5 Å². The number of halogens is 1. The van der Waals surface area contributed by atoms with E-state index in [1.807, 2.05) is 30.3 Å². The molecule has 5 nitrogen and oxygen atoms in total. The molecule has 0 saturated heterocycles. The molecule has 2 heterocycles. The highest BCUT2D eigenvalue weighted by Crippen LogP contribution is 2.27. The predicted molar refractivity (Wildman–Crippen MR) is 77.1 cm³/mol. The Bertz CT molecular complexity index is 535. The summed E-state index contributed by atoms with van der Waals surface area (Å²) in [6.45, 7) is 4.45. The van der Waals surface area contributed by atoms with Crippen LogP contribution in [0.3, 0.4) is 0 Å². The summed E-state index contributed by atoms with van der Waals surface area (Å²) in [5.74, 6) is 0.504. The molecular formula is C12H15ClN4OS. The second-order valence-corrected chi connectivity index (χ2v) is 5.24. The fourth-order valence-electron chi connectivity index (χ4n) is 1.57. The summed E-state index contributed by atoms with van der Waals surface area (Å²) in [5, 5.41) is 2.18. The monoisotopic (exact) mass is 298 g/mol. The Kier molecular flexibility index (Phi) is 4.55. The Balaban J connectivity index is 2.25. The molecule has 0 amide bonds. The van der Waals surface area contributed by atoms with E-state index < -0.39 is 0 Å². The molecule has 0 aliphatic rings. The van der Waals surface area contributed by atoms with Crippen molar-refractivity contribution in [3.05, 3.63) is 27.7 Å². The average Bonchev–Trinajstić information content (AvgIpc) is 2.90. The van der Waals surface area contributed by atoms with E-state index in [-0.39, 0.29) is 17.3 Å². The normalized spacial score (nSPS) is 12.2. The third-order valence-corrected chi connectivity index (χ3v) is 3.91. The number of thiophene rings is 1. The summed E-state index contributed by atoms with van der Waals surface area (Å²) in [6.07, 6.45) is 0. The van der Waals surface area contributed by atoms with Crippen LogP contribution in [0.25, 0.3) is 0 Å². The Morgan fingerprint density at radius 1 is 1.42 bits per heavy atom. The lowest BCUT2D eigenvalue weighted by atomic mass is 10.2. The lowest BCUT2D eigenvalue weighted by Gasteiger charge is -2.24. The molecule has 0 radical (unpaired) electrons. The minimum absolute atomic E-state index is 0.138. The lowest BCUT2D eigenvalue weighted by molar-refractivity contribution is 0.311. The van der Waals surface area contributed by atoms with Crippen molar-refractivity contribution in [3.63, 3.8) is 0 Å². The molecule has 2 rings (SSSR count). The van der Waals surface area contributed by atoms with Gasteiger partial charge in [0.2, 0.25) is 11.2 Å². The molecule has 0 aliphatic heterocycles. The van der Waals surface area contributed by atoms with E-state index in [0.717, 1.165) is 0 Å². The Morgan fingerprint density at radius 2 is 2.21 bits per heavy atom. The first-order valence-electron chi connectivity index (χ1n) is 5.92. The molecule has 19 heavy (non-hydrogen) atoms. The summed E-state index contributed by atoms with van der Waals surface area (Å²) in [6, 6.07) is 4.52. The van der Waals surface area contributed by atoms with E-state index in [4.69, 9.17) is 16.3 Å². The summed E-state index contributed by atoms with van der Waals surface area (Å²) in [7, 11) is 1.92. The first-order valence-corrected chi connectivity index (χ1v) is 7.18. The molecule has 0 aliphatic carbocycles. The molecule has 0 saturated carbocycles. The minimum atomic E-state index is 0.138. The van der Waals surface area contributed by atoms with Gasteiger partial charge in [0.25, 0.3) is 0 Å². The van der Waals surface area contributed by atoms with Gasteiger partial charge in [-0.1, -0.05) is 6.07 Å². The van der Waals surface area contributed by atoms with Crippen molar-refractivity contribution in [1.29, 1.82) is 0 Å². The van der Waals surface area contributed by atoms with Gasteiger partial charge in [-0.3, -0.25) is 0 Å². The number of hydrogen-bond acceptors (Lipinski definition) is 6. The molecule has 102 valence electrons. The van der Waals surface area contributed by atoms with Gasteiger partial charge in [-0.2, -0.15) is 15.0 Å². The third kappa shape index (κ3) is 3.33. The first kappa shape index (κ1) is 14.0. The highest BCUT2D eigenvalue weighted by molar-refractivity contribution is 7.10. The molecule has 7 heteroatoms. The van der Waals surface area contributed by atoms with Crippen LogP contribution in [0, 0.1) is 0 Å². The van der Waals surface area contributed by atoms with Crippen LogP contribution in [0.4, 0.5) is 5.95 Å². The van der Waals surface area contributed by atoms with Crippen molar-refractivity contribution >= 4 is 28.9 Å². The molecule has 1 atom stereocenters. The van der Waals surface area contributed by atoms with Crippen molar-refractivity contribution in [2.75, 3.05) is 18.6 Å². The van der Waals surface area contributed by atoms with Crippen molar-refractivity contribution in [2.45, 2.75) is 19.9 Å². The standard InChI is InChI=1S/C12H15ClN4OS/c1-4-18-12-15-10(13)14-11(16-12)17(3)8(2)9-6-5-7-19-9/h5-8H,4H2,1-3H3. The molecule has 0 spiro atoms. The second-order valence-electron chi connectivity index (χ2n) is 3.92. The highest BCUT2D eigenvalue weighted by atomic mass is 35.5. The zero-order valence-corrected chi connectivity index (χ0v) is 12.6. The van der Waals surface area contributed by atoms with E-state index in [2.05, 4.69) is 27.9 Å². The molecule has 0 N–H and O–H groups in total. The van der Waals surface area contributed by atoms with Crippen LogP contribution in [0.5, 0.6) is 6.01 Å². The van der Waals surface area contributed by atoms with Gasteiger partial charge in [0, 0.05) is 11.9 Å². The summed E-state index contributed by atoms with van der Waals surface area (Å²) in [5.41, 5.74) is 0. The van der Waals surface area contributed by atoms with E-state index in [0.29, 0.717) is 12.6 Å². The van der Waals surface area contributed by atoms with Crippen LogP contribution >= 0.6 is 22.9 Å². The fourth-order valence-corrected chi connectivity index (χ4v) is 2.54. The molecule has 1 unspecified atom stereocenters. The molecule has 2 aromatic rings. The average molecular weight is 299 g/mol. The number of aromatic nitrogens is 3. The fraction of sp³-hybridized carbons (Fsp3) is 0.417. The maximum atomic E-state index is 5.89. The van der Waals surface area contributed by atoms with Crippen LogP contribution in [0.1, 0.15) is 24.8 Å². The number of hydrogen-bond donors (Lipinski definition) is 0. The summed E-state index contributed by atoms with van der Waals surface area (Å²) in [4.78, 5) is 15.5. The lowest BCUT2D eigenvalue weighted by Crippen LogP contribution is -2.23. The van der Waals surface area contributed by atoms with Gasteiger partial charge in [-0.25, -0.2) is 0 Å². The van der Waals surface area contributed by atoms with Gasteiger partial charge in [-0.15, -0.1) is 11.3 Å². The van der Waals surface area contributed by atoms with Gasteiger partial charge < -0.3 is 9.64 Å². The van der Waals surface area contributed by atoms with Crippen LogP contribution < -0.4 is 9.64 Å². The number of nitrogens with zero attached hydrogens (tertiary/aromatic N) is 4. The zero-order valence-electron chi connectivity index (χ0n) is 11.0. The van der Waals surface area contributed by atoms with Crippen LogP contribution in [0.2, 0.25) is 5.28 Å². The van der Waals surface area contributed by atoms with E-state index in [1.54, 1.807) is 11.3 Å². The molecule has 0 aromatic carbocycles. The summed E-state index contributed by atoms with van der Waals surface area (Å²) >= 11 is 7.59. The number of anilines is 1. The van der Waals surface area contributed by atoms with Crippen LogP contribution in [-0.2, 0) is 0 Å². The van der Waals surface area contributed by atoms with E-state index in [9.17, 15) is 0 Å². The predicted octanol–water partition coefficient (Wildman–Crippen LogP) is 3.18. The summed E-state index contributed by atoms with van der Waals surface area (Å²) < 4.78 is 5.28. The smallest absolute Gasteiger partial charge is 0.322 e. The Hall–Kier alpha value is -1.40. The van der Waals surface area contributed by atoms with Crippen molar-refractivity contribution in [1.82, 2.24) is 15.0 Å². The van der Waals surface area contributed by atoms with Crippen molar-refractivity contribution in [3.8, 4) is 6.01 Å². The van der Waals surface area contributed by atoms with Gasteiger partial charge in [-0.05, 0) is 36.9 Å². The van der Waals surface area contributed by atoms with Gasteiger partial charge in [0.05, 0.1) is 12.6 Å². The second kappa shape index (κ2) is 6.16. The maximum Gasteiger partial charge on any atom is 0.322 e. The maximum absolute atomic E-state index is 5.89. The zero-order chi connectivity index (χ0) is 13.8. The third-order valence-electron chi connectivity index (χ3n) is 2.70. The van der Waals surface area contributed by atoms with Gasteiger partial charge in [0.15, 0.2) is 0 Å². The Morgan fingerprint density at radius 3 is 2.84 bits per heavy atom. The minimum Gasteiger partial charge on any atom is -0.464 e. The molecule has 0 fully saturated rings. The largest absolute Gasteiger partial charge is 0.464 e. The quantitative estimate of drug-likeness (QED) is 0.848. The number of ether oxygens (including phenoxy) is 1. The molecular weight excluding hydrogens is 284 g/mol. The molecule has 2 aromatic heterocycles. The Labute approximate surface area is 121 Å². The first-order chi connectivity index (χ1) is 9.11. The number of rotatable bonds is 5. The van der Waals surface area contributed by atoms with Crippen molar-refractivity contribution in [2.24, 2.45) is 0 Å². The van der Waals surface area contributed by atoms with Gasteiger partial charge >= 0.3 is 6.01 Å². The van der Waals surface area contributed by atoms with Gasteiger partial charge in [0.1, 0.15) is 0 Å². The van der Waals surface area contributed by atoms with E-state index >= 15 is 0 Å². The SMILES string of the molecule is CCOc1nc(Cl)nc(N(C)C(C)c2cccs2)n1. The molecule has 0 bridgehead atoms. The van der Waals surface area contributed by atoms with Crippen molar-refractivity contribution < 1.29 is 4.74 Å². The highest BCUT2D eigenvalue weighted by Gasteiger charge is 2.17. The van der Waals surface area contributed by atoms with Crippen LogP contribution in [-0.4, -0.2) is 28.6 Å². The topological polar surface area (TPSA) is 51.1 Å².